The van der Waals surface area contributed by atoms with Crippen LogP contribution in [-0.4, -0.2) is 23.1 Å². The highest BCUT2D eigenvalue weighted by Gasteiger charge is 2.40. The summed E-state index contributed by atoms with van der Waals surface area (Å²) in [6, 6.07) is 0. The maximum absolute atomic E-state index is 10.8. The summed E-state index contributed by atoms with van der Waals surface area (Å²) < 4.78 is 5.15. The van der Waals surface area contributed by atoms with Crippen molar-refractivity contribution in [3.8, 4) is 0 Å². The van der Waals surface area contributed by atoms with Gasteiger partial charge in [-0.2, -0.15) is 0 Å². The molecule has 0 saturated heterocycles. The predicted molar refractivity (Wildman–Crippen MR) is 49.2 cm³/mol. The number of unbranched alkanes of at least 4 members (excludes halogenated alkanes) is 1. The van der Waals surface area contributed by atoms with Crippen molar-refractivity contribution in [2.45, 2.75) is 44.3 Å². The van der Waals surface area contributed by atoms with Gasteiger partial charge in [-0.1, -0.05) is 19.8 Å². The molecule has 0 aromatic rings. The summed E-state index contributed by atoms with van der Waals surface area (Å²) in [5.74, 6) is 0. The molecule has 0 saturated carbocycles. The molecule has 1 rings (SSSR count). The normalized spacial score (nSPS) is 28.5. The number of hydrogen-bond donors (Lipinski definition) is 1. The second-order valence-electron chi connectivity index (χ2n) is 3.42. The second kappa shape index (κ2) is 4.42. The Morgan fingerprint density at radius 3 is 3.00 bits per heavy atom. The third-order valence-corrected chi connectivity index (χ3v) is 2.42. The Hall–Kier alpha value is -0.830. The molecule has 1 aliphatic rings. The van der Waals surface area contributed by atoms with Crippen LogP contribution < -0.4 is 0 Å². The van der Waals surface area contributed by atoms with Gasteiger partial charge in [0.25, 0.3) is 0 Å². The summed E-state index contributed by atoms with van der Waals surface area (Å²) in [4.78, 5) is 10.8. The van der Waals surface area contributed by atoms with E-state index in [0.29, 0.717) is 19.1 Å². The molecule has 2 unspecified atom stereocenters. The standard InChI is InChI=1S/C10H16O3/c1-2-3-5-9(12)10(8-11)6-4-7-13-10/h4,7-9,12H,2-3,5-6H2,1H3. The highest BCUT2D eigenvalue weighted by molar-refractivity contribution is 5.65. The van der Waals surface area contributed by atoms with E-state index in [9.17, 15) is 9.90 Å². The van der Waals surface area contributed by atoms with Gasteiger partial charge >= 0.3 is 0 Å². The summed E-state index contributed by atoms with van der Waals surface area (Å²) in [6.07, 6.45) is 6.33. The maximum atomic E-state index is 10.8. The molecule has 0 aliphatic carbocycles. The van der Waals surface area contributed by atoms with Gasteiger partial charge in [0.2, 0.25) is 0 Å². The molecule has 0 aromatic carbocycles. The van der Waals surface area contributed by atoms with E-state index in [2.05, 4.69) is 0 Å². The minimum Gasteiger partial charge on any atom is -0.485 e. The van der Waals surface area contributed by atoms with Crippen LogP contribution in [0.1, 0.15) is 32.6 Å². The molecular formula is C10H16O3. The molecule has 74 valence electrons. The predicted octanol–water partition coefficient (Wildman–Crippen LogP) is 1.41. The van der Waals surface area contributed by atoms with Gasteiger partial charge in [-0.05, 0) is 12.5 Å². The fraction of sp³-hybridized carbons (Fsp3) is 0.700. The van der Waals surface area contributed by atoms with Crippen molar-refractivity contribution in [2.75, 3.05) is 0 Å². The average molecular weight is 184 g/mol. The maximum Gasteiger partial charge on any atom is 0.192 e. The van der Waals surface area contributed by atoms with Crippen molar-refractivity contribution in [1.82, 2.24) is 0 Å². The number of rotatable bonds is 5. The summed E-state index contributed by atoms with van der Waals surface area (Å²) >= 11 is 0. The lowest BCUT2D eigenvalue weighted by atomic mass is 9.92. The van der Waals surface area contributed by atoms with E-state index in [1.165, 1.54) is 6.26 Å². The SMILES string of the molecule is CCCCC(O)C1(C=O)CC=CO1. The first kappa shape index (κ1) is 10.3. The van der Waals surface area contributed by atoms with E-state index in [4.69, 9.17) is 4.74 Å². The van der Waals surface area contributed by atoms with Crippen LogP contribution in [0.4, 0.5) is 0 Å². The molecule has 0 amide bonds. The fourth-order valence-electron chi connectivity index (χ4n) is 1.47. The van der Waals surface area contributed by atoms with Crippen LogP contribution in [0.2, 0.25) is 0 Å². The number of ether oxygens (including phenoxy) is 1. The minimum absolute atomic E-state index is 0.487. The number of aldehydes is 1. The van der Waals surface area contributed by atoms with Gasteiger partial charge in [0.15, 0.2) is 11.9 Å². The lowest BCUT2D eigenvalue weighted by Gasteiger charge is -2.27. The molecule has 0 radical (unpaired) electrons. The zero-order valence-corrected chi connectivity index (χ0v) is 7.90. The van der Waals surface area contributed by atoms with Crippen LogP contribution >= 0.6 is 0 Å². The monoisotopic (exact) mass is 184 g/mol. The minimum atomic E-state index is -0.991. The molecule has 3 heteroatoms. The van der Waals surface area contributed by atoms with Crippen LogP contribution in [0.25, 0.3) is 0 Å². The van der Waals surface area contributed by atoms with Crippen LogP contribution in [0.3, 0.4) is 0 Å². The Bertz CT molecular complexity index is 190. The number of aliphatic hydroxyl groups is 1. The largest absolute Gasteiger partial charge is 0.485 e. The van der Waals surface area contributed by atoms with E-state index in [1.807, 2.05) is 6.92 Å². The first-order chi connectivity index (χ1) is 6.25. The molecule has 1 heterocycles. The van der Waals surface area contributed by atoms with E-state index in [0.717, 1.165) is 12.8 Å². The molecular weight excluding hydrogens is 168 g/mol. The van der Waals surface area contributed by atoms with Crippen molar-refractivity contribution < 1.29 is 14.6 Å². The fourth-order valence-corrected chi connectivity index (χ4v) is 1.47. The lowest BCUT2D eigenvalue weighted by molar-refractivity contribution is -0.135. The zero-order chi connectivity index (χ0) is 9.73. The van der Waals surface area contributed by atoms with Gasteiger partial charge in [-0.25, -0.2) is 0 Å². The van der Waals surface area contributed by atoms with Crippen molar-refractivity contribution >= 4 is 6.29 Å². The average Bonchev–Trinajstić information content (AvgIpc) is 2.63. The van der Waals surface area contributed by atoms with Crippen molar-refractivity contribution in [3.63, 3.8) is 0 Å². The van der Waals surface area contributed by atoms with Crippen LogP contribution in [0.5, 0.6) is 0 Å². The number of carbonyl (C=O) groups excluding carboxylic acids is 1. The quantitative estimate of drug-likeness (QED) is 0.657. The van der Waals surface area contributed by atoms with E-state index < -0.39 is 11.7 Å². The third-order valence-electron chi connectivity index (χ3n) is 2.42. The molecule has 2 atom stereocenters. The number of hydrogen-bond acceptors (Lipinski definition) is 3. The van der Waals surface area contributed by atoms with Crippen LogP contribution in [-0.2, 0) is 9.53 Å². The van der Waals surface area contributed by atoms with E-state index in [1.54, 1.807) is 6.08 Å². The Morgan fingerprint density at radius 2 is 2.54 bits per heavy atom. The zero-order valence-electron chi connectivity index (χ0n) is 7.90. The van der Waals surface area contributed by atoms with Gasteiger partial charge in [0.1, 0.15) is 6.10 Å². The Labute approximate surface area is 78.4 Å². The molecule has 13 heavy (non-hydrogen) atoms. The van der Waals surface area contributed by atoms with Gasteiger partial charge in [-0.15, -0.1) is 0 Å². The van der Waals surface area contributed by atoms with Gasteiger partial charge in [0.05, 0.1) is 6.26 Å². The van der Waals surface area contributed by atoms with Crippen molar-refractivity contribution in [2.24, 2.45) is 0 Å². The molecule has 0 aromatic heterocycles. The third kappa shape index (κ3) is 2.10. The summed E-state index contributed by atoms with van der Waals surface area (Å²) in [6.45, 7) is 2.05. The van der Waals surface area contributed by atoms with Gasteiger partial charge in [-0.3, -0.25) is 4.79 Å². The molecule has 1 N–H and O–H groups in total. The smallest absolute Gasteiger partial charge is 0.192 e. The number of aliphatic hydroxyl groups excluding tert-OH is 1. The first-order valence-corrected chi connectivity index (χ1v) is 4.72. The summed E-state index contributed by atoms with van der Waals surface area (Å²) in [5.41, 5.74) is -0.991. The Balaban J connectivity index is 2.50. The van der Waals surface area contributed by atoms with E-state index >= 15 is 0 Å². The lowest BCUT2D eigenvalue weighted by Crippen LogP contribution is -2.43. The van der Waals surface area contributed by atoms with Gasteiger partial charge in [0, 0.05) is 6.42 Å². The molecule has 0 bridgehead atoms. The highest BCUT2D eigenvalue weighted by atomic mass is 16.5. The molecule has 1 aliphatic heterocycles. The Morgan fingerprint density at radius 1 is 1.77 bits per heavy atom. The molecule has 0 fully saturated rings. The van der Waals surface area contributed by atoms with Crippen LogP contribution in [0, 0.1) is 0 Å². The first-order valence-electron chi connectivity index (χ1n) is 4.72. The molecule has 0 spiro atoms. The number of carbonyl (C=O) groups is 1. The van der Waals surface area contributed by atoms with Crippen molar-refractivity contribution in [1.29, 1.82) is 0 Å². The summed E-state index contributed by atoms with van der Waals surface area (Å²) in [7, 11) is 0. The highest BCUT2D eigenvalue weighted by Crippen LogP contribution is 2.27. The summed E-state index contributed by atoms with van der Waals surface area (Å²) in [5, 5.41) is 9.73. The van der Waals surface area contributed by atoms with Crippen LogP contribution in [0.15, 0.2) is 12.3 Å². The van der Waals surface area contributed by atoms with Gasteiger partial charge < -0.3 is 9.84 Å². The second-order valence-corrected chi connectivity index (χ2v) is 3.42. The van der Waals surface area contributed by atoms with Crippen molar-refractivity contribution in [3.05, 3.63) is 12.3 Å². The topological polar surface area (TPSA) is 46.5 Å². The Kier molecular flexibility index (Phi) is 3.48. The van der Waals surface area contributed by atoms with E-state index in [-0.39, 0.29) is 0 Å². The molecule has 3 nitrogen and oxygen atoms in total.